The number of nitrogens with zero attached hydrogens (tertiary/aromatic N) is 5. The van der Waals surface area contributed by atoms with Crippen LogP contribution in [-0.4, -0.2) is 57.7 Å². The molecule has 3 heterocycles. The van der Waals surface area contributed by atoms with E-state index in [0.717, 1.165) is 51.9 Å². The number of rotatable bonds is 7. The molecule has 0 saturated carbocycles. The minimum absolute atomic E-state index is 0. The Morgan fingerprint density at radius 3 is 1.87 bits per heavy atom. The van der Waals surface area contributed by atoms with Crippen LogP contribution in [0.4, 0.5) is 42.4 Å². The van der Waals surface area contributed by atoms with Gasteiger partial charge in [0.25, 0.3) is 5.91 Å². The Kier molecular flexibility index (Phi) is 16.9. The Balaban J connectivity index is -0.000000717. The van der Waals surface area contributed by atoms with Gasteiger partial charge in [-0.15, -0.1) is 12.4 Å². The number of anilines is 5. The molecular weight excluding hydrogens is 635 g/mol. The largest absolute Gasteiger partial charge is 0.507 e. The number of phenolic OH excluding ortho intramolecular Hbond substituents is 1. The predicted octanol–water partition coefficient (Wildman–Crippen LogP) is 8.22. The average Bonchev–Trinajstić information content (AvgIpc) is 2.93. The fourth-order valence-electron chi connectivity index (χ4n) is 4.78. The van der Waals surface area contributed by atoms with Crippen molar-refractivity contribution in [1.29, 1.82) is 0 Å². The molecule has 0 aliphatic carbocycles. The highest BCUT2D eigenvalue weighted by molar-refractivity contribution is 8.00. The number of amides is 1. The molecule has 2 aromatic carbocycles. The molecule has 45 heavy (non-hydrogen) atoms. The molecule has 260 valence electrons. The molecule has 2 aliphatic heterocycles. The van der Waals surface area contributed by atoms with Crippen molar-refractivity contribution in [2.45, 2.75) is 48.9 Å². The van der Waals surface area contributed by atoms with Crippen molar-refractivity contribution >= 4 is 59.3 Å². The lowest BCUT2D eigenvalue weighted by Gasteiger charge is -2.30. The number of aromatic nitrogens is 3. The second-order valence-corrected chi connectivity index (χ2v) is 10.9. The van der Waals surface area contributed by atoms with Crippen molar-refractivity contribution in [2.75, 3.05) is 46.6 Å². The molecule has 1 aromatic heterocycles. The van der Waals surface area contributed by atoms with Crippen molar-refractivity contribution in [3.05, 3.63) is 48.0 Å². The third-order valence-corrected chi connectivity index (χ3v) is 7.43. The van der Waals surface area contributed by atoms with Crippen molar-refractivity contribution in [3.63, 3.8) is 0 Å². The lowest BCUT2D eigenvalue weighted by Crippen LogP contribution is -2.34. The first-order chi connectivity index (χ1) is 19.2. The van der Waals surface area contributed by atoms with Gasteiger partial charge in [0.05, 0.1) is 5.56 Å². The highest BCUT2D eigenvalue weighted by Crippen LogP contribution is 2.37. The Labute approximate surface area is 276 Å². The smallest absolute Gasteiger partial charge is 0.446 e. The summed E-state index contributed by atoms with van der Waals surface area (Å²) >= 11 is -0.268. The number of piperidine rings is 2. The summed E-state index contributed by atoms with van der Waals surface area (Å²) in [5.74, 6) is 0.613. The third kappa shape index (κ3) is 11.4. The summed E-state index contributed by atoms with van der Waals surface area (Å²) in [5, 5.41) is 16.3. The van der Waals surface area contributed by atoms with Gasteiger partial charge in [-0.3, -0.25) is 4.79 Å². The molecule has 1 amide bonds. The molecule has 2 aliphatic rings. The van der Waals surface area contributed by atoms with E-state index in [-0.39, 0.29) is 76.4 Å². The number of carbonyl (C=O) groups excluding carboxylic acids is 1. The number of carbonyl (C=O) groups is 1. The maximum Gasteiger partial charge on any atom is 0.446 e. The molecule has 2 fully saturated rings. The SMILES string of the molecule is Cl.N.N.N.N.O=C(Nc1cccc(SC(F)(F)F)c1)c1ccc(Nc2nc(N3CCCCC3)nc(N3CCCCC3)n2)cc1O.[HH].[HH].[HH].[HH]. The van der Waals surface area contributed by atoms with Crippen LogP contribution in [0, 0.1) is 0 Å². The minimum Gasteiger partial charge on any atom is -0.507 e. The monoisotopic (exact) mass is 685 g/mol. The normalized spacial score (nSPS) is 14.3. The van der Waals surface area contributed by atoms with E-state index in [0.29, 0.717) is 23.5 Å². The second-order valence-electron chi connectivity index (χ2n) is 9.74. The molecule has 0 atom stereocenters. The van der Waals surface area contributed by atoms with Crippen molar-refractivity contribution < 1.29 is 28.8 Å². The van der Waals surface area contributed by atoms with E-state index in [9.17, 15) is 23.1 Å². The maximum absolute atomic E-state index is 12.8. The number of alkyl halides is 3. The molecule has 0 spiro atoms. The van der Waals surface area contributed by atoms with Crippen LogP contribution in [0.1, 0.15) is 54.6 Å². The Hall–Kier alpha value is -3.61. The molecule has 18 heteroatoms. The van der Waals surface area contributed by atoms with Gasteiger partial charge in [0.1, 0.15) is 5.75 Å². The Morgan fingerprint density at radius 1 is 0.800 bits per heavy atom. The lowest BCUT2D eigenvalue weighted by molar-refractivity contribution is -0.0328. The first kappa shape index (κ1) is 41.4. The summed E-state index contributed by atoms with van der Waals surface area (Å²) in [7, 11) is 0. The summed E-state index contributed by atoms with van der Waals surface area (Å²) < 4.78 is 38.1. The molecule has 0 bridgehead atoms. The van der Waals surface area contributed by atoms with Gasteiger partial charge in [0, 0.05) is 54.2 Å². The third-order valence-electron chi connectivity index (χ3n) is 6.71. The standard InChI is InChI=1S/C27H30F3N7O2S.ClH.4H3N.4H2/c28-27(29,30)40-20-9-7-8-18(16-20)31-23(39)21-11-10-19(17-22(21)38)32-24-33-25(36-12-3-1-4-13-36)35-26(34-24)37-14-5-2-6-15-37;;;;;;;;;/h7-11,16-17,38H,1-6,12-15H2,(H,31,39)(H,32,33,34,35);1H;4*1H3;4*1H. The van der Waals surface area contributed by atoms with Gasteiger partial charge >= 0.3 is 5.51 Å². The number of hydrogen-bond acceptors (Lipinski definition) is 13. The number of phenols is 1. The lowest BCUT2D eigenvalue weighted by atomic mass is 10.1. The number of aromatic hydroxyl groups is 1. The van der Waals surface area contributed by atoms with Gasteiger partial charge in [-0.25, -0.2) is 0 Å². The average molecular weight is 686 g/mol. The molecule has 13 nitrogen and oxygen atoms in total. The zero-order valence-corrected chi connectivity index (χ0v) is 26.6. The summed E-state index contributed by atoms with van der Waals surface area (Å²) in [6, 6.07) is 9.85. The van der Waals surface area contributed by atoms with E-state index >= 15 is 0 Å². The van der Waals surface area contributed by atoms with Crippen LogP contribution in [0.15, 0.2) is 47.4 Å². The van der Waals surface area contributed by atoms with Crippen LogP contribution in [0.2, 0.25) is 0 Å². The molecule has 0 unspecified atom stereocenters. The van der Waals surface area contributed by atoms with Gasteiger partial charge in [0.2, 0.25) is 17.8 Å². The van der Waals surface area contributed by atoms with Crippen molar-refractivity contribution in [3.8, 4) is 5.75 Å². The fourth-order valence-corrected chi connectivity index (χ4v) is 5.38. The molecule has 2 saturated heterocycles. The van der Waals surface area contributed by atoms with Crippen LogP contribution in [0.25, 0.3) is 0 Å². The zero-order valence-electron chi connectivity index (χ0n) is 25.0. The topological polar surface area (TPSA) is 247 Å². The molecule has 5 rings (SSSR count). The summed E-state index contributed by atoms with van der Waals surface area (Å²) in [4.78, 5) is 31.1. The van der Waals surface area contributed by atoms with Gasteiger partial charge in [-0.05, 0) is 80.6 Å². The number of benzene rings is 2. The summed E-state index contributed by atoms with van der Waals surface area (Å²) in [6.07, 6.45) is 6.69. The van der Waals surface area contributed by atoms with Gasteiger partial charge in [-0.2, -0.15) is 28.1 Å². The number of nitrogens with one attached hydrogen (secondary N) is 2. The molecule has 15 N–H and O–H groups in total. The number of halogens is 4. The zero-order chi connectivity index (χ0) is 28.1. The fraction of sp³-hybridized carbons (Fsp3) is 0.407. The van der Waals surface area contributed by atoms with E-state index < -0.39 is 11.4 Å². The van der Waals surface area contributed by atoms with E-state index in [1.54, 1.807) is 6.07 Å². The summed E-state index contributed by atoms with van der Waals surface area (Å²) in [6.45, 7) is 3.52. The van der Waals surface area contributed by atoms with E-state index in [1.165, 1.54) is 49.2 Å². The molecule has 3 aromatic rings. The van der Waals surface area contributed by atoms with Crippen LogP contribution in [0.5, 0.6) is 5.75 Å². The Morgan fingerprint density at radius 2 is 1.36 bits per heavy atom. The van der Waals surface area contributed by atoms with Gasteiger partial charge < -0.3 is 50.1 Å². The minimum atomic E-state index is -4.44. The number of thioether (sulfide) groups is 1. The highest BCUT2D eigenvalue weighted by Gasteiger charge is 2.29. The molecule has 0 radical (unpaired) electrons. The van der Waals surface area contributed by atoms with Crippen LogP contribution in [0.3, 0.4) is 0 Å². The van der Waals surface area contributed by atoms with Crippen LogP contribution < -0.4 is 45.0 Å². The quantitative estimate of drug-likeness (QED) is 0.116. The second kappa shape index (κ2) is 18.4. The summed E-state index contributed by atoms with van der Waals surface area (Å²) in [5.41, 5.74) is -3.82. The van der Waals surface area contributed by atoms with Crippen molar-refractivity contribution in [2.24, 2.45) is 0 Å². The highest BCUT2D eigenvalue weighted by atomic mass is 35.5. The van der Waals surface area contributed by atoms with Crippen LogP contribution in [-0.2, 0) is 0 Å². The van der Waals surface area contributed by atoms with Gasteiger partial charge in [-0.1, -0.05) is 6.07 Å². The van der Waals surface area contributed by atoms with Gasteiger partial charge in [0.15, 0.2) is 0 Å². The van der Waals surface area contributed by atoms with Crippen molar-refractivity contribution in [1.82, 2.24) is 39.6 Å². The first-order valence-electron chi connectivity index (χ1n) is 13.3. The van der Waals surface area contributed by atoms with Crippen LogP contribution >= 0.6 is 24.2 Å². The van der Waals surface area contributed by atoms with E-state index in [4.69, 9.17) is 4.98 Å². The number of hydrogen-bond donors (Lipinski definition) is 7. The van der Waals surface area contributed by atoms with E-state index in [1.807, 2.05) is 0 Å². The predicted molar refractivity (Wildman–Crippen MR) is 185 cm³/mol. The molecular formula is C27H51ClF3N11O2S. The first-order valence-corrected chi connectivity index (χ1v) is 14.1. The van der Waals surface area contributed by atoms with E-state index in [2.05, 4.69) is 30.4 Å². The maximum atomic E-state index is 12.8. The Bertz CT molecular complexity index is 1350.